The summed E-state index contributed by atoms with van der Waals surface area (Å²) < 4.78 is 2.99. The van der Waals surface area contributed by atoms with Crippen LogP contribution in [0.2, 0.25) is 0 Å². The summed E-state index contributed by atoms with van der Waals surface area (Å²) in [5.41, 5.74) is 1.43. The molecule has 1 saturated carbocycles. The Morgan fingerprint density at radius 1 is 1.53 bits per heavy atom. The first-order valence-corrected chi connectivity index (χ1v) is 5.71. The number of carbonyl (C=O) groups excluding carboxylic acids is 1. The number of halogens is 1. The van der Waals surface area contributed by atoms with Gasteiger partial charge in [-0.3, -0.25) is 4.79 Å². The number of nitrogens with zero attached hydrogens (tertiary/aromatic N) is 2. The Morgan fingerprint density at radius 2 is 2.33 bits per heavy atom. The molecular formula is C11H9BrN2O. The van der Waals surface area contributed by atoms with Crippen LogP contribution in [-0.4, -0.2) is 15.7 Å². The Balaban J connectivity index is 2.33. The molecule has 3 nitrogen and oxygen atoms in total. The zero-order valence-electron chi connectivity index (χ0n) is 7.98. The molecule has 0 N–H and O–H groups in total. The smallest absolute Gasteiger partial charge is 0.170 e. The first-order valence-electron chi connectivity index (χ1n) is 4.92. The molecule has 4 heteroatoms. The molecule has 0 atom stereocenters. The zero-order chi connectivity index (χ0) is 10.4. The molecular weight excluding hydrogens is 256 g/mol. The van der Waals surface area contributed by atoms with Gasteiger partial charge in [-0.05, 0) is 25.0 Å². The summed E-state index contributed by atoms with van der Waals surface area (Å²) in [4.78, 5) is 15.3. The van der Waals surface area contributed by atoms with Gasteiger partial charge in [-0.1, -0.05) is 15.9 Å². The number of pyridine rings is 1. The number of hydrogen-bond acceptors (Lipinski definition) is 2. The van der Waals surface area contributed by atoms with Crippen LogP contribution in [0.5, 0.6) is 0 Å². The predicted molar refractivity (Wildman–Crippen MR) is 60.3 cm³/mol. The van der Waals surface area contributed by atoms with Gasteiger partial charge in [0.2, 0.25) is 0 Å². The van der Waals surface area contributed by atoms with Gasteiger partial charge in [0.05, 0.1) is 5.52 Å². The first-order chi connectivity index (χ1) is 7.29. The van der Waals surface area contributed by atoms with Gasteiger partial charge < -0.3 is 4.40 Å². The Bertz CT molecular complexity index is 543. The Labute approximate surface area is 95.3 Å². The highest BCUT2D eigenvalue weighted by molar-refractivity contribution is 9.10. The highest BCUT2D eigenvalue weighted by atomic mass is 79.9. The van der Waals surface area contributed by atoms with Gasteiger partial charge in [-0.25, -0.2) is 4.98 Å². The van der Waals surface area contributed by atoms with E-state index in [9.17, 15) is 4.79 Å². The average Bonchev–Trinajstić information content (AvgIpc) is 3.01. The van der Waals surface area contributed by atoms with Crippen LogP contribution in [0.3, 0.4) is 0 Å². The van der Waals surface area contributed by atoms with Crippen LogP contribution in [0.25, 0.3) is 5.52 Å². The van der Waals surface area contributed by atoms with E-state index in [-0.39, 0.29) is 0 Å². The normalized spacial score (nSPS) is 15.8. The van der Waals surface area contributed by atoms with Crippen molar-refractivity contribution in [3.8, 4) is 0 Å². The topological polar surface area (TPSA) is 34.4 Å². The minimum Gasteiger partial charge on any atom is -0.303 e. The molecule has 0 amide bonds. The Kier molecular flexibility index (Phi) is 1.92. The van der Waals surface area contributed by atoms with Crippen LogP contribution in [0.1, 0.15) is 35.1 Å². The largest absolute Gasteiger partial charge is 0.303 e. The number of aromatic nitrogens is 2. The number of fused-ring (bicyclic) bond motifs is 1. The lowest BCUT2D eigenvalue weighted by Crippen LogP contribution is -1.90. The first kappa shape index (κ1) is 9.09. The fourth-order valence-corrected chi connectivity index (χ4v) is 2.16. The van der Waals surface area contributed by atoms with Crippen molar-refractivity contribution in [1.82, 2.24) is 9.38 Å². The van der Waals surface area contributed by atoms with Gasteiger partial charge in [0, 0.05) is 16.6 Å². The van der Waals surface area contributed by atoms with Crippen molar-refractivity contribution < 1.29 is 4.79 Å². The molecule has 2 aromatic rings. The van der Waals surface area contributed by atoms with E-state index in [1.807, 2.05) is 22.7 Å². The Hall–Kier alpha value is -1.16. The van der Waals surface area contributed by atoms with Crippen molar-refractivity contribution >= 4 is 27.7 Å². The summed E-state index contributed by atoms with van der Waals surface area (Å²) >= 11 is 3.40. The van der Waals surface area contributed by atoms with Crippen molar-refractivity contribution in [3.63, 3.8) is 0 Å². The van der Waals surface area contributed by atoms with Crippen LogP contribution < -0.4 is 0 Å². The maximum Gasteiger partial charge on any atom is 0.170 e. The third kappa shape index (κ3) is 1.40. The molecule has 0 bridgehead atoms. The molecule has 0 aromatic carbocycles. The lowest BCUT2D eigenvalue weighted by molar-refractivity contribution is 0.112. The highest BCUT2D eigenvalue weighted by Gasteiger charge is 2.29. The minimum atomic E-state index is 0.540. The molecule has 0 unspecified atom stereocenters. The quantitative estimate of drug-likeness (QED) is 0.782. The van der Waals surface area contributed by atoms with Crippen molar-refractivity contribution in [2.75, 3.05) is 0 Å². The van der Waals surface area contributed by atoms with Crippen LogP contribution in [0.4, 0.5) is 0 Å². The maximum atomic E-state index is 10.9. The molecule has 2 aromatic heterocycles. The lowest BCUT2D eigenvalue weighted by Gasteiger charge is -1.98. The second-order valence-electron chi connectivity index (χ2n) is 3.85. The van der Waals surface area contributed by atoms with E-state index in [2.05, 4.69) is 20.9 Å². The summed E-state index contributed by atoms with van der Waals surface area (Å²) in [6.45, 7) is 0. The standard InChI is InChI=1S/C11H9BrN2O/c12-8-3-4-14-10(5-8)9(6-15)13-11(14)7-1-2-7/h3-7H,1-2H2. The molecule has 0 saturated heterocycles. The van der Waals surface area contributed by atoms with Crippen molar-refractivity contribution in [3.05, 3.63) is 34.3 Å². The molecule has 1 aliphatic carbocycles. The van der Waals surface area contributed by atoms with E-state index in [0.717, 1.165) is 22.1 Å². The SMILES string of the molecule is O=Cc1nc(C2CC2)n2ccc(Br)cc12. The van der Waals surface area contributed by atoms with Crippen molar-refractivity contribution in [2.24, 2.45) is 0 Å². The third-order valence-corrected chi connectivity index (χ3v) is 3.21. The van der Waals surface area contributed by atoms with Crippen LogP contribution in [0.15, 0.2) is 22.8 Å². The summed E-state index contributed by atoms with van der Waals surface area (Å²) in [5, 5.41) is 0. The van der Waals surface area contributed by atoms with Gasteiger partial charge in [0.25, 0.3) is 0 Å². The van der Waals surface area contributed by atoms with Crippen LogP contribution in [-0.2, 0) is 0 Å². The molecule has 2 heterocycles. The van der Waals surface area contributed by atoms with E-state index in [4.69, 9.17) is 0 Å². The fraction of sp³-hybridized carbons (Fsp3) is 0.273. The Morgan fingerprint density at radius 3 is 3.00 bits per heavy atom. The van der Waals surface area contributed by atoms with Gasteiger partial charge in [0.1, 0.15) is 11.5 Å². The summed E-state index contributed by atoms with van der Waals surface area (Å²) in [6.07, 6.45) is 5.17. The molecule has 0 radical (unpaired) electrons. The van der Waals surface area contributed by atoms with Crippen molar-refractivity contribution in [2.45, 2.75) is 18.8 Å². The zero-order valence-corrected chi connectivity index (χ0v) is 9.57. The average molecular weight is 265 g/mol. The van der Waals surface area contributed by atoms with Crippen molar-refractivity contribution in [1.29, 1.82) is 0 Å². The lowest BCUT2D eigenvalue weighted by atomic mass is 10.3. The molecule has 15 heavy (non-hydrogen) atoms. The fourth-order valence-electron chi connectivity index (χ4n) is 1.82. The summed E-state index contributed by atoms with van der Waals surface area (Å²) in [6, 6.07) is 3.90. The second-order valence-corrected chi connectivity index (χ2v) is 4.76. The van der Waals surface area contributed by atoms with Gasteiger partial charge >= 0.3 is 0 Å². The van der Waals surface area contributed by atoms with Crippen LogP contribution >= 0.6 is 15.9 Å². The maximum absolute atomic E-state index is 10.9. The highest BCUT2D eigenvalue weighted by Crippen LogP contribution is 2.40. The molecule has 0 aliphatic heterocycles. The van der Waals surface area contributed by atoms with E-state index in [0.29, 0.717) is 11.6 Å². The molecule has 1 fully saturated rings. The number of rotatable bonds is 2. The molecule has 0 spiro atoms. The minimum absolute atomic E-state index is 0.540. The number of aldehydes is 1. The second kappa shape index (κ2) is 3.17. The number of hydrogen-bond donors (Lipinski definition) is 0. The third-order valence-electron chi connectivity index (χ3n) is 2.72. The van der Waals surface area contributed by atoms with Gasteiger partial charge in [0.15, 0.2) is 6.29 Å². The van der Waals surface area contributed by atoms with Gasteiger partial charge in [-0.2, -0.15) is 0 Å². The number of imidazole rings is 1. The monoisotopic (exact) mass is 264 g/mol. The number of carbonyl (C=O) groups is 1. The van der Waals surface area contributed by atoms with Crippen LogP contribution in [0, 0.1) is 0 Å². The van der Waals surface area contributed by atoms with E-state index < -0.39 is 0 Å². The predicted octanol–water partition coefficient (Wildman–Crippen LogP) is 2.79. The molecule has 76 valence electrons. The summed E-state index contributed by atoms with van der Waals surface area (Å²) in [7, 11) is 0. The van der Waals surface area contributed by atoms with E-state index in [1.54, 1.807) is 0 Å². The van der Waals surface area contributed by atoms with Gasteiger partial charge in [-0.15, -0.1) is 0 Å². The van der Waals surface area contributed by atoms with E-state index in [1.165, 1.54) is 12.8 Å². The molecule has 1 aliphatic rings. The van der Waals surface area contributed by atoms with E-state index >= 15 is 0 Å². The summed E-state index contributed by atoms with van der Waals surface area (Å²) in [5.74, 6) is 1.58. The molecule has 3 rings (SSSR count).